The molecule has 0 N–H and O–H groups in total. The van der Waals surface area contributed by atoms with Gasteiger partial charge in [0.05, 0.1) is 12.7 Å². The fraction of sp³-hybridized carbons (Fsp3) is 0.385. The van der Waals surface area contributed by atoms with Gasteiger partial charge in [-0.25, -0.2) is 0 Å². The van der Waals surface area contributed by atoms with Crippen molar-refractivity contribution in [1.82, 2.24) is 4.48 Å². The Hall–Kier alpha value is -3.16. The van der Waals surface area contributed by atoms with Gasteiger partial charge in [0.15, 0.2) is 5.70 Å². The van der Waals surface area contributed by atoms with Crippen LogP contribution >= 0.6 is 0 Å². The molecule has 34 heavy (non-hydrogen) atoms. The second-order valence-electron chi connectivity index (χ2n) is 9.14. The summed E-state index contributed by atoms with van der Waals surface area (Å²) in [6, 6.07) is 9.95. The Kier molecular flexibility index (Phi) is 6.27. The number of carbonyl (C=O) groups excluding carboxylic acids is 1. The number of fused-ring (bicyclic) bond motifs is 2. The molecule has 0 atom stereocenters. The molecule has 0 bridgehead atoms. The first kappa shape index (κ1) is 24.0. The molecule has 3 heterocycles. The van der Waals surface area contributed by atoms with E-state index in [1.807, 2.05) is 50.3 Å². The fourth-order valence-electron chi connectivity index (χ4n) is 5.40. The van der Waals surface area contributed by atoms with Gasteiger partial charge in [0.2, 0.25) is 0 Å². The summed E-state index contributed by atoms with van der Waals surface area (Å²) in [6.07, 6.45) is 2.93. The summed E-state index contributed by atoms with van der Waals surface area (Å²) < 4.78 is 38.7. The molecule has 8 heteroatoms. The summed E-state index contributed by atoms with van der Waals surface area (Å²) in [4.78, 5) is 13.6. The summed E-state index contributed by atoms with van der Waals surface area (Å²) in [5, 5.41) is 0. The molecule has 180 valence electrons. The number of carbonyl (C=O) groups is 1. The molecule has 2 aromatic rings. The van der Waals surface area contributed by atoms with Crippen molar-refractivity contribution < 1.29 is 22.6 Å². The van der Waals surface area contributed by atoms with Gasteiger partial charge in [-0.15, -0.1) is 0 Å². The highest BCUT2D eigenvalue weighted by Crippen LogP contribution is 2.44. The van der Waals surface area contributed by atoms with Crippen LogP contribution in [0.25, 0.3) is 5.57 Å². The van der Waals surface area contributed by atoms with Crippen molar-refractivity contribution in [2.75, 3.05) is 25.1 Å². The van der Waals surface area contributed by atoms with Crippen LogP contribution in [0.15, 0.2) is 47.7 Å². The molecule has 0 amide bonds. The first-order valence-corrected chi connectivity index (χ1v) is 11.8. The molecule has 0 fully saturated rings. The van der Waals surface area contributed by atoms with Crippen molar-refractivity contribution >= 4 is 29.9 Å². The third-order valence-corrected chi connectivity index (χ3v) is 6.87. The molecule has 0 radical (unpaired) electrons. The van der Waals surface area contributed by atoms with Gasteiger partial charge >= 0.3 is 12.9 Å². The predicted molar refractivity (Wildman–Crippen MR) is 134 cm³/mol. The predicted octanol–water partition coefficient (Wildman–Crippen LogP) is 5.31. The number of esters is 1. The number of halogens is 2. The number of aromatic nitrogens is 1. The molecule has 1 aromatic carbocycles. The minimum absolute atomic E-state index is 0.208. The molecule has 2 aliphatic heterocycles. The topological polar surface area (TPSA) is 37.5 Å². The molecular formula is C26H32BF2N3O2. The summed E-state index contributed by atoms with van der Waals surface area (Å²) in [7, 11) is 1.40. The Morgan fingerprint density at radius 2 is 1.82 bits per heavy atom. The quantitative estimate of drug-likeness (QED) is 0.409. The second-order valence-corrected chi connectivity index (χ2v) is 9.14. The summed E-state index contributed by atoms with van der Waals surface area (Å²) >= 11 is 0. The zero-order valence-electron chi connectivity index (χ0n) is 20.8. The lowest BCUT2D eigenvalue weighted by Crippen LogP contribution is -2.51. The van der Waals surface area contributed by atoms with E-state index in [9.17, 15) is 4.79 Å². The molecule has 0 aliphatic carbocycles. The Bertz CT molecular complexity index is 1240. The van der Waals surface area contributed by atoms with E-state index in [0.717, 1.165) is 41.1 Å². The van der Waals surface area contributed by atoms with Gasteiger partial charge in [0.25, 0.3) is 0 Å². The van der Waals surface area contributed by atoms with E-state index in [-0.39, 0.29) is 5.97 Å². The van der Waals surface area contributed by atoms with Gasteiger partial charge in [-0.05, 0) is 69.1 Å². The first-order chi connectivity index (χ1) is 16.1. The molecule has 2 aliphatic rings. The first-order valence-electron chi connectivity index (χ1n) is 11.8. The molecule has 5 nitrogen and oxygen atoms in total. The van der Waals surface area contributed by atoms with Crippen LogP contribution in [0.2, 0.25) is 0 Å². The highest BCUT2D eigenvalue weighted by atomic mass is 19.2. The van der Waals surface area contributed by atoms with Crippen LogP contribution in [-0.4, -0.2) is 47.8 Å². The SMILES string of the molecule is CCN(CCCC(=O)OC)c1ccc(C2=C3C(C)=CC(C)=[N+]3[B-](F)(F)n3c(C)cc(C)c32)cc1. The summed E-state index contributed by atoms with van der Waals surface area (Å²) in [5.74, 6) is -0.208. The van der Waals surface area contributed by atoms with Gasteiger partial charge in [0.1, 0.15) is 5.71 Å². The van der Waals surface area contributed by atoms with Gasteiger partial charge in [-0.3, -0.25) is 4.79 Å². The third-order valence-electron chi connectivity index (χ3n) is 6.87. The van der Waals surface area contributed by atoms with Gasteiger partial charge in [0, 0.05) is 49.5 Å². The normalized spacial score (nSPS) is 16.4. The number of benzene rings is 1. The molecule has 4 rings (SSSR count). The van der Waals surface area contributed by atoms with Crippen molar-refractivity contribution in [3.8, 4) is 0 Å². The molecule has 0 unspecified atom stereocenters. The Labute approximate surface area is 200 Å². The zero-order valence-corrected chi connectivity index (χ0v) is 20.8. The Morgan fingerprint density at radius 3 is 2.44 bits per heavy atom. The second kappa shape index (κ2) is 8.89. The third kappa shape index (κ3) is 3.79. The average molecular weight is 467 g/mol. The van der Waals surface area contributed by atoms with Crippen molar-refractivity contribution in [3.05, 3.63) is 70.2 Å². The smallest absolute Gasteiger partial charge is 0.469 e. The van der Waals surface area contributed by atoms with Crippen LogP contribution in [0.1, 0.15) is 56.1 Å². The molecular weight excluding hydrogens is 435 g/mol. The number of hydrogen-bond donors (Lipinski definition) is 0. The Balaban J connectivity index is 1.77. The standard InChI is InChI=1S/C26H32BF2N3O2/c1-7-30(14-8-9-23(33)34-6)22-12-10-21(11-13-22)24-25-17(2)15-19(4)31(25)27(28,29)32-20(5)16-18(3)26(24)32/h10-13,15-16H,7-9,14H2,1-6H3. The van der Waals surface area contributed by atoms with Gasteiger partial charge in [-0.1, -0.05) is 12.1 Å². The largest absolute Gasteiger partial charge is 0.737 e. The lowest BCUT2D eigenvalue weighted by Gasteiger charge is -2.34. The van der Waals surface area contributed by atoms with Crippen LogP contribution in [0.4, 0.5) is 14.3 Å². The van der Waals surface area contributed by atoms with Gasteiger partial charge < -0.3 is 27.2 Å². The highest BCUT2D eigenvalue weighted by molar-refractivity contribution is 6.58. The number of rotatable bonds is 7. The number of anilines is 1. The minimum Gasteiger partial charge on any atom is -0.469 e. The Morgan fingerprint density at radius 1 is 1.15 bits per heavy atom. The number of aryl methyl sites for hydroxylation is 2. The molecule has 0 saturated carbocycles. The van der Waals surface area contributed by atoms with E-state index in [1.165, 1.54) is 16.1 Å². The molecule has 0 spiro atoms. The van der Waals surface area contributed by atoms with E-state index in [4.69, 9.17) is 4.74 Å². The maximum absolute atomic E-state index is 15.8. The zero-order chi connectivity index (χ0) is 24.8. The number of ether oxygens (including phenoxy) is 1. The lowest BCUT2D eigenvalue weighted by atomic mass is 9.84. The molecule has 0 saturated heterocycles. The van der Waals surface area contributed by atoms with Crippen LogP contribution in [0.5, 0.6) is 0 Å². The van der Waals surface area contributed by atoms with E-state index in [1.54, 1.807) is 13.8 Å². The van der Waals surface area contributed by atoms with Crippen molar-refractivity contribution in [3.63, 3.8) is 0 Å². The summed E-state index contributed by atoms with van der Waals surface area (Å²) in [5.41, 5.74) is 6.78. The van der Waals surface area contributed by atoms with Crippen molar-refractivity contribution in [1.29, 1.82) is 0 Å². The highest BCUT2D eigenvalue weighted by Gasteiger charge is 2.55. The van der Waals surface area contributed by atoms with Crippen LogP contribution in [-0.2, 0) is 9.53 Å². The maximum atomic E-state index is 15.8. The number of allylic oxidation sites excluding steroid dienone is 2. The maximum Gasteiger partial charge on any atom is 0.737 e. The van der Waals surface area contributed by atoms with E-state index in [2.05, 4.69) is 11.8 Å². The van der Waals surface area contributed by atoms with Crippen molar-refractivity contribution in [2.45, 2.75) is 47.5 Å². The van der Waals surface area contributed by atoms with Crippen LogP contribution in [0, 0.1) is 13.8 Å². The molecule has 1 aromatic heterocycles. The van der Waals surface area contributed by atoms with E-state index in [0.29, 0.717) is 35.6 Å². The van der Waals surface area contributed by atoms with Crippen LogP contribution in [0.3, 0.4) is 0 Å². The van der Waals surface area contributed by atoms with Gasteiger partial charge in [-0.2, -0.15) is 0 Å². The average Bonchev–Trinajstić information content (AvgIpc) is 3.27. The van der Waals surface area contributed by atoms with E-state index < -0.39 is 6.97 Å². The van der Waals surface area contributed by atoms with E-state index >= 15 is 8.63 Å². The van der Waals surface area contributed by atoms with Crippen LogP contribution < -0.4 is 4.90 Å². The monoisotopic (exact) mass is 467 g/mol. The lowest BCUT2D eigenvalue weighted by molar-refractivity contribution is -0.363. The number of hydrogen-bond acceptors (Lipinski definition) is 3. The van der Waals surface area contributed by atoms with Crippen molar-refractivity contribution in [2.24, 2.45) is 0 Å². The minimum atomic E-state index is -3.97. The number of nitrogens with zero attached hydrogens (tertiary/aromatic N) is 3. The fourth-order valence-corrected chi connectivity index (χ4v) is 5.40. The summed E-state index contributed by atoms with van der Waals surface area (Å²) in [6.45, 7) is 6.93. The number of methoxy groups -OCH3 is 1.